The number of hydrogen-bond donors (Lipinski definition) is 0. The summed E-state index contributed by atoms with van der Waals surface area (Å²) >= 11 is 0. The molecule has 0 radical (unpaired) electrons. The molecule has 0 unspecified atom stereocenters. The van der Waals surface area contributed by atoms with Gasteiger partial charge >= 0.3 is 0 Å². The second kappa shape index (κ2) is 8.84. The fraction of sp³-hybridized carbons (Fsp3) is 0.241. The van der Waals surface area contributed by atoms with Gasteiger partial charge in [0, 0.05) is 65.8 Å². The molecule has 0 aliphatic carbocycles. The maximum atomic E-state index is 13.5. The van der Waals surface area contributed by atoms with E-state index >= 15 is 0 Å². The number of carbonyl (C=O) groups excluding carboxylic acids is 1. The van der Waals surface area contributed by atoms with E-state index in [-0.39, 0.29) is 5.78 Å². The SMILES string of the molecule is CCn1cc(/C=C2\Oc3c(cc4c(c3C)OCN(Cc3ccncc3)C4)C2=O)c2cc(OC)ccc21. The summed E-state index contributed by atoms with van der Waals surface area (Å²) in [6, 6.07) is 11.9. The smallest absolute Gasteiger partial charge is 0.231 e. The molecular weight excluding hydrogens is 454 g/mol. The van der Waals surface area contributed by atoms with Crippen molar-refractivity contribution in [2.75, 3.05) is 13.8 Å². The molecule has 2 aromatic heterocycles. The van der Waals surface area contributed by atoms with E-state index in [1.54, 1.807) is 19.5 Å². The van der Waals surface area contributed by atoms with Crippen LogP contribution in [-0.4, -0.2) is 34.1 Å². The molecular formula is C29H27N3O4. The number of hydrogen-bond acceptors (Lipinski definition) is 6. The molecule has 36 heavy (non-hydrogen) atoms. The number of aryl methyl sites for hydroxylation is 1. The summed E-state index contributed by atoms with van der Waals surface area (Å²) in [5.74, 6) is 2.38. The molecule has 0 atom stereocenters. The summed E-state index contributed by atoms with van der Waals surface area (Å²) < 4.78 is 19.9. The number of ether oxygens (including phenoxy) is 3. The zero-order chi connectivity index (χ0) is 24.8. The first-order chi connectivity index (χ1) is 17.6. The van der Waals surface area contributed by atoms with E-state index in [0.29, 0.717) is 30.3 Å². The molecule has 0 N–H and O–H groups in total. The largest absolute Gasteiger partial charge is 0.497 e. The number of nitrogens with zero attached hydrogens (tertiary/aromatic N) is 3. The van der Waals surface area contributed by atoms with Gasteiger partial charge in [0.25, 0.3) is 0 Å². The monoisotopic (exact) mass is 481 g/mol. The minimum atomic E-state index is -0.109. The third kappa shape index (κ3) is 3.72. The molecule has 2 aliphatic heterocycles. The first-order valence-electron chi connectivity index (χ1n) is 12.1. The summed E-state index contributed by atoms with van der Waals surface area (Å²) in [6.07, 6.45) is 7.48. The molecule has 0 spiro atoms. The van der Waals surface area contributed by atoms with Crippen LogP contribution in [-0.2, 0) is 19.6 Å². The number of pyridine rings is 1. The Kier molecular flexibility index (Phi) is 5.49. The molecule has 7 heteroatoms. The van der Waals surface area contributed by atoms with Crippen molar-refractivity contribution in [1.82, 2.24) is 14.5 Å². The normalized spacial score (nSPS) is 16.1. The Hall–Kier alpha value is -4.10. The number of fused-ring (bicyclic) bond motifs is 3. The van der Waals surface area contributed by atoms with E-state index in [0.717, 1.165) is 52.2 Å². The van der Waals surface area contributed by atoms with Crippen LogP contribution < -0.4 is 14.2 Å². The van der Waals surface area contributed by atoms with Crippen molar-refractivity contribution in [3.8, 4) is 17.2 Å². The van der Waals surface area contributed by atoms with Gasteiger partial charge in [-0.15, -0.1) is 0 Å². The van der Waals surface area contributed by atoms with Crippen molar-refractivity contribution in [2.45, 2.75) is 33.5 Å². The number of methoxy groups -OCH3 is 1. The molecule has 2 aromatic carbocycles. The third-order valence-corrected chi connectivity index (χ3v) is 6.90. The van der Waals surface area contributed by atoms with Gasteiger partial charge in [0.1, 0.15) is 24.0 Å². The van der Waals surface area contributed by atoms with Crippen LogP contribution in [0.4, 0.5) is 0 Å². The van der Waals surface area contributed by atoms with E-state index in [4.69, 9.17) is 14.2 Å². The minimum Gasteiger partial charge on any atom is -0.497 e. The lowest BCUT2D eigenvalue weighted by molar-refractivity contribution is 0.0876. The highest BCUT2D eigenvalue weighted by Crippen LogP contribution is 2.43. The summed E-state index contributed by atoms with van der Waals surface area (Å²) in [4.78, 5) is 19.8. The van der Waals surface area contributed by atoms with E-state index in [1.807, 2.05) is 49.4 Å². The van der Waals surface area contributed by atoms with Crippen LogP contribution in [0.1, 0.15) is 39.5 Å². The zero-order valence-corrected chi connectivity index (χ0v) is 20.6. The van der Waals surface area contributed by atoms with Gasteiger partial charge in [-0.3, -0.25) is 14.7 Å². The van der Waals surface area contributed by atoms with Crippen molar-refractivity contribution in [3.63, 3.8) is 0 Å². The average molecular weight is 482 g/mol. The van der Waals surface area contributed by atoms with Crippen LogP contribution in [0.2, 0.25) is 0 Å². The predicted molar refractivity (Wildman–Crippen MR) is 137 cm³/mol. The molecule has 0 saturated carbocycles. The van der Waals surface area contributed by atoms with Gasteiger partial charge in [0.2, 0.25) is 5.78 Å². The minimum absolute atomic E-state index is 0.109. The Morgan fingerprint density at radius 2 is 1.97 bits per heavy atom. The lowest BCUT2D eigenvalue weighted by Gasteiger charge is -2.30. The van der Waals surface area contributed by atoms with Crippen molar-refractivity contribution in [3.05, 3.63) is 88.6 Å². The van der Waals surface area contributed by atoms with Gasteiger partial charge < -0.3 is 18.8 Å². The van der Waals surface area contributed by atoms with Crippen molar-refractivity contribution in [1.29, 1.82) is 0 Å². The van der Waals surface area contributed by atoms with Gasteiger partial charge in [0.15, 0.2) is 5.76 Å². The van der Waals surface area contributed by atoms with Crippen LogP contribution in [0.5, 0.6) is 17.2 Å². The standard InChI is InChI=1S/C29H27N3O4/c1-4-32-16-20(23-13-22(34-3)5-6-25(23)32)12-26-27(33)24-11-21-15-31(14-19-7-9-30-10-8-19)17-35-28(21)18(2)29(24)36-26/h5-13,16H,4,14-15,17H2,1-3H3/b26-12-. The molecule has 4 aromatic rings. The number of Topliss-reactive ketones (excluding diaryl/α,β-unsaturated/α-hetero) is 1. The molecule has 0 bridgehead atoms. The Balaban J connectivity index is 1.33. The van der Waals surface area contributed by atoms with Crippen molar-refractivity contribution in [2.24, 2.45) is 0 Å². The maximum absolute atomic E-state index is 13.5. The third-order valence-electron chi connectivity index (χ3n) is 6.90. The molecule has 0 amide bonds. The predicted octanol–water partition coefficient (Wildman–Crippen LogP) is 5.34. The molecule has 7 nitrogen and oxygen atoms in total. The number of benzene rings is 2. The topological polar surface area (TPSA) is 65.8 Å². The number of carbonyl (C=O) groups is 1. The van der Waals surface area contributed by atoms with Crippen molar-refractivity contribution < 1.29 is 19.0 Å². The van der Waals surface area contributed by atoms with Gasteiger partial charge in [-0.05, 0) is 61.9 Å². The first kappa shape index (κ1) is 22.4. The van der Waals surface area contributed by atoms with Gasteiger partial charge in [-0.25, -0.2) is 0 Å². The fourth-order valence-electron chi connectivity index (χ4n) is 5.09. The molecule has 182 valence electrons. The number of rotatable bonds is 5. The van der Waals surface area contributed by atoms with Crippen LogP contribution in [0, 0.1) is 6.92 Å². The Morgan fingerprint density at radius 1 is 1.14 bits per heavy atom. The Bertz CT molecular complexity index is 1520. The first-order valence-corrected chi connectivity index (χ1v) is 12.1. The Morgan fingerprint density at radius 3 is 2.75 bits per heavy atom. The maximum Gasteiger partial charge on any atom is 0.231 e. The van der Waals surface area contributed by atoms with Crippen LogP contribution in [0.25, 0.3) is 17.0 Å². The van der Waals surface area contributed by atoms with Crippen molar-refractivity contribution >= 4 is 22.8 Å². The Labute approximate surface area is 209 Å². The summed E-state index contributed by atoms with van der Waals surface area (Å²) in [5.41, 5.74) is 5.62. The van der Waals surface area contributed by atoms with E-state index in [1.165, 1.54) is 5.56 Å². The average Bonchev–Trinajstić information content (AvgIpc) is 3.41. The van der Waals surface area contributed by atoms with Gasteiger partial charge in [-0.2, -0.15) is 0 Å². The molecule has 2 aliphatic rings. The van der Waals surface area contributed by atoms with E-state index < -0.39 is 0 Å². The summed E-state index contributed by atoms with van der Waals surface area (Å²) in [6.45, 7) is 6.80. The van der Waals surface area contributed by atoms with Gasteiger partial charge in [-0.1, -0.05) is 0 Å². The fourth-order valence-corrected chi connectivity index (χ4v) is 5.09. The van der Waals surface area contributed by atoms with Crippen LogP contribution >= 0.6 is 0 Å². The quantitative estimate of drug-likeness (QED) is 0.359. The van der Waals surface area contributed by atoms with E-state index in [9.17, 15) is 4.79 Å². The summed E-state index contributed by atoms with van der Waals surface area (Å²) in [5, 5.41) is 1.02. The van der Waals surface area contributed by atoms with E-state index in [2.05, 4.69) is 27.6 Å². The number of ketones is 1. The molecule has 0 saturated heterocycles. The number of allylic oxidation sites excluding steroid dienone is 1. The van der Waals surface area contributed by atoms with Crippen LogP contribution in [0.3, 0.4) is 0 Å². The molecule has 4 heterocycles. The molecule has 0 fully saturated rings. The second-order valence-electron chi connectivity index (χ2n) is 9.18. The summed E-state index contributed by atoms with van der Waals surface area (Å²) in [7, 11) is 1.65. The second-order valence-corrected chi connectivity index (χ2v) is 9.18. The zero-order valence-electron chi connectivity index (χ0n) is 20.6. The molecule has 6 rings (SSSR count). The highest BCUT2D eigenvalue weighted by molar-refractivity contribution is 6.15. The number of aromatic nitrogens is 2. The van der Waals surface area contributed by atoms with Gasteiger partial charge in [0.05, 0.1) is 12.7 Å². The lowest BCUT2D eigenvalue weighted by Crippen LogP contribution is -2.32. The highest BCUT2D eigenvalue weighted by Gasteiger charge is 2.34. The highest BCUT2D eigenvalue weighted by atomic mass is 16.5. The van der Waals surface area contributed by atoms with Crippen LogP contribution in [0.15, 0.2) is 60.7 Å². The lowest BCUT2D eigenvalue weighted by atomic mass is 10.00.